The van der Waals surface area contributed by atoms with Crippen molar-refractivity contribution in [2.24, 2.45) is 11.8 Å². The van der Waals surface area contributed by atoms with Crippen LogP contribution in [0.4, 0.5) is 0 Å². The molecule has 7 heteroatoms. The van der Waals surface area contributed by atoms with E-state index in [-0.39, 0.29) is 6.61 Å². The zero-order chi connectivity index (χ0) is 18.0. The molecule has 0 aliphatic carbocycles. The number of aliphatic hydroxyl groups excluding tert-OH is 5. The van der Waals surface area contributed by atoms with Gasteiger partial charge in [0.2, 0.25) is 0 Å². The molecule has 0 fully saturated rings. The number of hydrogen-bond donors (Lipinski definition) is 5. The van der Waals surface area contributed by atoms with Crippen LogP contribution >= 0.6 is 0 Å². The Labute approximate surface area is 137 Å². The number of esters is 1. The highest BCUT2D eigenvalue weighted by Gasteiger charge is 2.35. The Morgan fingerprint density at radius 3 is 2.09 bits per heavy atom. The maximum Gasteiger partial charge on any atom is 0.337 e. The number of carbonyl (C=O) groups excluding carboxylic acids is 1. The van der Waals surface area contributed by atoms with Crippen molar-refractivity contribution in [1.82, 2.24) is 0 Å². The minimum atomic E-state index is -1.97. The summed E-state index contributed by atoms with van der Waals surface area (Å²) in [5.74, 6) is -0.0150. The molecule has 0 spiro atoms. The number of ether oxygens (including phenoxy) is 1. The summed E-state index contributed by atoms with van der Waals surface area (Å²) in [5, 5.41) is 46.4. The van der Waals surface area contributed by atoms with Gasteiger partial charge in [-0.3, -0.25) is 0 Å². The minimum Gasteiger partial charge on any atom is -0.464 e. The third-order valence-corrected chi connectivity index (χ3v) is 3.83. The molecule has 5 N–H and O–H groups in total. The second kappa shape index (κ2) is 11.8. The van der Waals surface area contributed by atoms with Crippen LogP contribution in [0.2, 0.25) is 0 Å². The quantitative estimate of drug-likeness (QED) is 0.313. The number of hydrogen-bond acceptors (Lipinski definition) is 7. The van der Waals surface area contributed by atoms with Gasteiger partial charge in [0, 0.05) is 0 Å². The molecule has 0 bridgehead atoms. The Hall–Kier alpha value is -0.730. The Balaban J connectivity index is 4.04. The molecule has 0 aliphatic rings. The van der Waals surface area contributed by atoms with Gasteiger partial charge in [-0.2, -0.15) is 0 Å². The van der Waals surface area contributed by atoms with E-state index in [9.17, 15) is 25.2 Å². The lowest BCUT2D eigenvalue weighted by Crippen LogP contribution is -2.49. The first-order valence-corrected chi connectivity index (χ1v) is 8.20. The summed E-state index contributed by atoms with van der Waals surface area (Å²) in [6.45, 7) is 5.71. The van der Waals surface area contributed by atoms with E-state index in [4.69, 9.17) is 9.84 Å². The molecule has 0 saturated heterocycles. The van der Waals surface area contributed by atoms with Crippen molar-refractivity contribution in [2.45, 2.75) is 70.9 Å². The van der Waals surface area contributed by atoms with Crippen LogP contribution in [0, 0.1) is 11.8 Å². The second-order valence-electron chi connectivity index (χ2n) is 6.56. The van der Waals surface area contributed by atoms with Crippen molar-refractivity contribution < 1.29 is 35.1 Å². The van der Waals surface area contributed by atoms with Crippen LogP contribution in [0.15, 0.2) is 0 Å². The van der Waals surface area contributed by atoms with Gasteiger partial charge in [-0.1, -0.05) is 40.0 Å². The molecule has 0 aliphatic heterocycles. The van der Waals surface area contributed by atoms with E-state index in [1.807, 2.05) is 0 Å². The summed E-state index contributed by atoms with van der Waals surface area (Å²) in [5.41, 5.74) is 0. The molecule has 0 amide bonds. The summed E-state index contributed by atoms with van der Waals surface area (Å²) in [6, 6.07) is 0. The second-order valence-corrected chi connectivity index (χ2v) is 6.56. The van der Waals surface area contributed by atoms with E-state index in [0.29, 0.717) is 18.3 Å². The molecular formula is C16H32O7. The van der Waals surface area contributed by atoms with Gasteiger partial charge < -0.3 is 30.3 Å². The molecule has 0 aromatic carbocycles. The maximum atomic E-state index is 11.6. The Morgan fingerprint density at radius 1 is 0.957 bits per heavy atom. The fourth-order valence-corrected chi connectivity index (χ4v) is 2.13. The molecule has 138 valence electrons. The number of carbonyl (C=O) groups is 1. The van der Waals surface area contributed by atoms with Gasteiger partial charge in [-0.15, -0.1) is 0 Å². The summed E-state index contributed by atoms with van der Waals surface area (Å²) in [6.07, 6.45) is -3.43. The Kier molecular flexibility index (Phi) is 11.4. The van der Waals surface area contributed by atoms with Gasteiger partial charge >= 0.3 is 5.97 Å². The molecule has 0 saturated carbocycles. The molecule has 7 nitrogen and oxygen atoms in total. The monoisotopic (exact) mass is 336 g/mol. The predicted molar refractivity (Wildman–Crippen MR) is 84.5 cm³/mol. The van der Waals surface area contributed by atoms with Crippen molar-refractivity contribution in [3.05, 3.63) is 0 Å². The lowest BCUT2D eigenvalue weighted by atomic mass is 9.98. The fraction of sp³-hybridized carbons (Fsp3) is 0.938. The molecule has 0 aromatic rings. The van der Waals surface area contributed by atoms with E-state index >= 15 is 0 Å². The Morgan fingerprint density at radius 2 is 1.57 bits per heavy atom. The van der Waals surface area contributed by atoms with Crippen LogP contribution in [0.1, 0.15) is 46.5 Å². The first-order chi connectivity index (χ1) is 10.7. The van der Waals surface area contributed by atoms with Gasteiger partial charge in [0.25, 0.3) is 0 Å². The van der Waals surface area contributed by atoms with Crippen molar-refractivity contribution in [3.8, 4) is 0 Å². The van der Waals surface area contributed by atoms with Gasteiger partial charge in [-0.05, 0) is 18.3 Å². The smallest absolute Gasteiger partial charge is 0.337 e. The highest BCUT2D eigenvalue weighted by Crippen LogP contribution is 2.15. The van der Waals surface area contributed by atoms with Crippen molar-refractivity contribution in [2.75, 3.05) is 13.2 Å². The van der Waals surface area contributed by atoms with Gasteiger partial charge in [0.15, 0.2) is 6.10 Å². The van der Waals surface area contributed by atoms with E-state index in [2.05, 4.69) is 20.8 Å². The highest BCUT2D eigenvalue weighted by atomic mass is 16.5. The first kappa shape index (κ1) is 22.3. The zero-order valence-corrected chi connectivity index (χ0v) is 14.3. The normalized spacial score (nSPS) is 18.3. The molecule has 5 atom stereocenters. The molecule has 5 unspecified atom stereocenters. The summed E-state index contributed by atoms with van der Waals surface area (Å²) in [4.78, 5) is 11.6. The predicted octanol–water partition coefficient (Wildman–Crippen LogP) is -0.182. The van der Waals surface area contributed by atoms with Crippen molar-refractivity contribution >= 4 is 5.97 Å². The highest BCUT2D eigenvalue weighted by molar-refractivity contribution is 5.75. The van der Waals surface area contributed by atoms with Crippen molar-refractivity contribution in [3.63, 3.8) is 0 Å². The van der Waals surface area contributed by atoms with Crippen LogP contribution in [-0.4, -0.2) is 69.1 Å². The zero-order valence-electron chi connectivity index (χ0n) is 14.3. The molecule has 0 heterocycles. The van der Waals surface area contributed by atoms with Crippen LogP contribution < -0.4 is 0 Å². The molecule has 0 radical (unpaired) electrons. The van der Waals surface area contributed by atoms with Crippen LogP contribution in [0.5, 0.6) is 0 Å². The fourth-order valence-electron chi connectivity index (χ4n) is 2.13. The average Bonchev–Trinajstić information content (AvgIpc) is 2.51. The van der Waals surface area contributed by atoms with E-state index in [1.54, 1.807) is 0 Å². The molecule has 0 aromatic heterocycles. The van der Waals surface area contributed by atoms with E-state index in [0.717, 1.165) is 19.3 Å². The van der Waals surface area contributed by atoms with E-state index in [1.165, 1.54) is 0 Å². The molecular weight excluding hydrogens is 304 g/mol. The maximum absolute atomic E-state index is 11.6. The lowest BCUT2D eigenvalue weighted by molar-refractivity contribution is -0.170. The third kappa shape index (κ3) is 9.22. The van der Waals surface area contributed by atoms with E-state index < -0.39 is 37.0 Å². The minimum absolute atomic E-state index is 0.115. The summed E-state index contributed by atoms with van der Waals surface area (Å²) < 4.78 is 4.88. The van der Waals surface area contributed by atoms with Gasteiger partial charge in [0.1, 0.15) is 18.3 Å². The van der Waals surface area contributed by atoms with Crippen LogP contribution in [-0.2, 0) is 9.53 Å². The topological polar surface area (TPSA) is 127 Å². The van der Waals surface area contributed by atoms with Crippen molar-refractivity contribution in [1.29, 1.82) is 0 Å². The lowest BCUT2D eigenvalue weighted by Gasteiger charge is -2.24. The largest absolute Gasteiger partial charge is 0.464 e. The molecule has 23 heavy (non-hydrogen) atoms. The summed E-state index contributed by atoms with van der Waals surface area (Å²) in [7, 11) is 0. The Bertz CT molecular complexity index is 322. The molecule has 0 rings (SSSR count). The van der Waals surface area contributed by atoms with Crippen LogP contribution in [0.25, 0.3) is 0 Å². The summed E-state index contributed by atoms with van der Waals surface area (Å²) >= 11 is 0. The standard InChI is InChI=1S/C16H32O7/c1-10(2)5-4-6-11(3)7-8-23-16(22)15(21)14(20)13(19)12(18)9-17/h10-15,17-21H,4-9H2,1-3H3. The number of rotatable bonds is 12. The third-order valence-electron chi connectivity index (χ3n) is 3.83. The SMILES string of the molecule is CC(C)CCCC(C)CCOC(=O)C(O)C(O)C(O)C(O)CO. The van der Waals surface area contributed by atoms with Gasteiger partial charge in [-0.25, -0.2) is 4.79 Å². The average molecular weight is 336 g/mol. The van der Waals surface area contributed by atoms with Gasteiger partial charge in [0.05, 0.1) is 13.2 Å². The first-order valence-electron chi connectivity index (χ1n) is 8.20. The van der Waals surface area contributed by atoms with Crippen LogP contribution in [0.3, 0.4) is 0 Å². The number of aliphatic hydroxyl groups is 5.